The minimum atomic E-state index is 0.317. The van der Waals surface area contributed by atoms with Gasteiger partial charge in [0.25, 0.3) is 0 Å². The fraction of sp³-hybridized carbons (Fsp3) is 0.619. The Morgan fingerprint density at radius 1 is 1.04 bits per heavy atom. The van der Waals surface area contributed by atoms with Gasteiger partial charge in [-0.2, -0.15) is 5.10 Å². The average Bonchev–Trinajstić information content (AvgIpc) is 3.35. The highest BCUT2D eigenvalue weighted by Gasteiger charge is 2.23. The molecule has 0 radical (unpaired) electrons. The molecule has 0 atom stereocenters. The Bertz CT molecular complexity index is 801. The molecule has 1 aliphatic heterocycles. The lowest BCUT2D eigenvalue weighted by Crippen LogP contribution is -2.49. The van der Waals surface area contributed by atoms with Gasteiger partial charge in [0.1, 0.15) is 0 Å². The number of aryl methyl sites for hydroxylation is 2. The second-order valence-corrected chi connectivity index (χ2v) is 8.15. The summed E-state index contributed by atoms with van der Waals surface area (Å²) in [6.45, 7) is 7.14. The molecule has 2 aromatic heterocycles. The van der Waals surface area contributed by atoms with Crippen LogP contribution in [0.2, 0.25) is 0 Å². The molecular weight excluding hydrogens is 352 g/mol. The first-order valence-corrected chi connectivity index (χ1v) is 10.5. The van der Waals surface area contributed by atoms with E-state index < -0.39 is 0 Å². The maximum atomic E-state index is 12.5. The number of amides is 1. The van der Waals surface area contributed by atoms with Crippen molar-refractivity contribution in [3.8, 4) is 5.82 Å². The van der Waals surface area contributed by atoms with Crippen LogP contribution >= 0.6 is 0 Å². The molecule has 0 bridgehead atoms. The van der Waals surface area contributed by atoms with E-state index in [2.05, 4.69) is 20.2 Å². The van der Waals surface area contributed by atoms with Crippen molar-refractivity contribution in [2.24, 2.45) is 5.92 Å². The third kappa shape index (κ3) is 4.18. The van der Waals surface area contributed by atoms with Crippen LogP contribution in [0.5, 0.6) is 0 Å². The topological polar surface area (TPSA) is 67.2 Å². The summed E-state index contributed by atoms with van der Waals surface area (Å²) >= 11 is 0. The smallest absolute Gasteiger partial charge is 0.222 e. The number of hydrogen-bond donors (Lipinski definition) is 0. The van der Waals surface area contributed by atoms with Crippen molar-refractivity contribution < 1.29 is 4.79 Å². The van der Waals surface area contributed by atoms with Crippen molar-refractivity contribution in [2.75, 3.05) is 31.1 Å². The fourth-order valence-electron chi connectivity index (χ4n) is 4.43. The van der Waals surface area contributed by atoms with E-state index >= 15 is 0 Å². The average molecular weight is 383 g/mol. The lowest BCUT2D eigenvalue weighted by Gasteiger charge is -2.35. The highest BCUT2D eigenvalue weighted by atomic mass is 16.2. The number of hydrogen-bond acceptors (Lipinski definition) is 5. The molecule has 7 nitrogen and oxygen atoms in total. The fourth-order valence-corrected chi connectivity index (χ4v) is 4.43. The first-order valence-electron chi connectivity index (χ1n) is 10.5. The maximum absolute atomic E-state index is 12.5. The van der Waals surface area contributed by atoms with Crippen LogP contribution in [0.3, 0.4) is 0 Å². The van der Waals surface area contributed by atoms with Crippen LogP contribution in [0, 0.1) is 19.8 Å². The van der Waals surface area contributed by atoms with Crippen molar-refractivity contribution in [3.05, 3.63) is 29.6 Å². The van der Waals surface area contributed by atoms with Gasteiger partial charge in [-0.05, 0) is 44.4 Å². The molecule has 0 N–H and O–H groups in total. The van der Waals surface area contributed by atoms with Crippen LogP contribution in [0.4, 0.5) is 5.82 Å². The summed E-state index contributed by atoms with van der Waals surface area (Å²) < 4.78 is 1.81. The minimum Gasteiger partial charge on any atom is -0.352 e. The molecule has 3 heterocycles. The highest BCUT2D eigenvalue weighted by molar-refractivity contribution is 5.76. The van der Waals surface area contributed by atoms with Crippen LogP contribution in [0.25, 0.3) is 5.82 Å². The van der Waals surface area contributed by atoms with E-state index in [1.165, 1.54) is 25.7 Å². The van der Waals surface area contributed by atoms with Crippen LogP contribution in [-0.4, -0.2) is 57.0 Å². The molecule has 0 unspecified atom stereocenters. The van der Waals surface area contributed by atoms with Crippen LogP contribution in [0.1, 0.15) is 49.9 Å². The van der Waals surface area contributed by atoms with E-state index in [1.54, 1.807) is 0 Å². The summed E-state index contributed by atoms with van der Waals surface area (Å²) in [4.78, 5) is 16.7. The number of piperazine rings is 1. The molecule has 1 aliphatic carbocycles. The molecule has 1 saturated carbocycles. The zero-order valence-electron chi connectivity index (χ0n) is 17.0. The summed E-state index contributed by atoms with van der Waals surface area (Å²) in [5.41, 5.74) is 2.02. The van der Waals surface area contributed by atoms with Crippen molar-refractivity contribution in [2.45, 2.75) is 52.4 Å². The van der Waals surface area contributed by atoms with E-state index in [0.717, 1.165) is 61.5 Å². The summed E-state index contributed by atoms with van der Waals surface area (Å²) in [7, 11) is 0. The molecule has 2 aromatic rings. The van der Waals surface area contributed by atoms with Crippen molar-refractivity contribution in [1.82, 2.24) is 24.9 Å². The summed E-state index contributed by atoms with van der Waals surface area (Å²) in [5, 5.41) is 13.2. The standard InChI is InChI=1S/C21H30N6O/c1-16-15-17(2)27(24-16)20-9-8-19(22-23-20)25-11-13-26(14-12-25)21(28)10-7-18-5-3-4-6-18/h8-9,15,18H,3-7,10-14H2,1-2H3. The Hall–Kier alpha value is -2.44. The van der Waals surface area contributed by atoms with Crippen molar-refractivity contribution >= 4 is 11.7 Å². The summed E-state index contributed by atoms with van der Waals surface area (Å²) in [6.07, 6.45) is 7.09. The SMILES string of the molecule is Cc1cc(C)n(-c2ccc(N3CCN(C(=O)CCC4CCCC4)CC3)nn2)n1. The molecule has 0 aromatic carbocycles. The van der Waals surface area contributed by atoms with Crippen LogP contribution in [0.15, 0.2) is 18.2 Å². The summed E-state index contributed by atoms with van der Waals surface area (Å²) in [5.74, 6) is 2.69. The van der Waals surface area contributed by atoms with Gasteiger partial charge >= 0.3 is 0 Å². The molecule has 4 rings (SSSR count). The first-order chi connectivity index (χ1) is 13.6. The van der Waals surface area contributed by atoms with Gasteiger partial charge in [0.05, 0.1) is 5.69 Å². The second kappa shape index (κ2) is 8.29. The molecule has 28 heavy (non-hydrogen) atoms. The van der Waals surface area contributed by atoms with Gasteiger partial charge in [-0.15, -0.1) is 10.2 Å². The highest BCUT2D eigenvalue weighted by Crippen LogP contribution is 2.28. The van der Waals surface area contributed by atoms with Gasteiger partial charge in [-0.3, -0.25) is 4.79 Å². The number of rotatable bonds is 5. The van der Waals surface area contributed by atoms with Gasteiger partial charge in [0.15, 0.2) is 11.6 Å². The quantitative estimate of drug-likeness (QED) is 0.795. The Labute approximate surface area is 166 Å². The lowest BCUT2D eigenvalue weighted by atomic mass is 10.0. The maximum Gasteiger partial charge on any atom is 0.222 e. The zero-order chi connectivity index (χ0) is 19.5. The molecule has 2 aliphatic rings. The van der Waals surface area contributed by atoms with Crippen molar-refractivity contribution in [3.63, 3.8) is 0 Å². The van der Waals surface area contributed by atoms with Crippen LogP contribution < -0.4 is 4.90 Å². The normalized spacial score (nSPS) is 18.1. The number of anilines is 1. The number of nitrogens with zero attached hydrogens (tertiary/aromatic N) is 6. The van der Waals surface area contributed by atoms with Gasteiger partial charge in [0.2, 0.25) is 5.91 Å². The van der Waals surface area contributed by atoms with Crippen molar-refractivity contribution in [1.29, 1.82) is 0 Å². The van der Waals surface area contributed by atoms with Gasteiger partial charge in [-0.25, -0.2) is 4.68 Å². The molecule has 2 fully saturated rings. The molecule has 1 saturated heterocycles. The van der Waals surface area contributed by atoms with Crippen LogP contribution in [-0.2, 0) is 4.79 Å². The molecular formula is C21H30N6O. The monoisotopic (exact) mass is 382 g/mol. The third-order valence-electron chi connectivity index (χ3n) is 6.06. The molecule has 7 heteroatoms. The molecule has 150 valence electrons. The van der Waals surface area contributed by atoms with Gasteiger partial charge < -0.3 is 9.80 Å². The number of aromatic nitrogens is 4. The van der Waals surface area contributed by atoms with Gasteiger partial charge in [-0.1, -0.05) is 25.7 Å². The summed E-state index contributed by atoms with van der Waals surface area (Å²) in [6, 6.07) is 5.98. The Morgan fingerprint density at radius 2 is 1.71 bits per heavy atom. The lowest BCUT2D eigenvalue weighted by molar-refractivity contribution is -0.131. The first kappa shape index (κ1) is 18.9. The predicted molar refractivity (Wildman–Crippen MR) is 109 cm³/mol. The third-order valence-corrected chi connectivity index (χ3v) is 6.06. The van der Waals surface area contributed by atoms with E-state index in [-0.39, 0.29) is 0 Å². The Kier molecular flexibility index (Phi) is 5.59. The van der Waals surface area contributed by atoms with E-state index in [0.29, 0.717) is 12.3 Å². The zero-order valence-corrected chi connectivity index (χ0v) is 17.0. The predicted octanol–water partition coefficient (Wildman–Crippen LogP) is 2.90. The van der Waals surface area contributed by atoms with E-state index in [9.17, 15) is 4.79 Å². The second-order valence-electron chi connectivity index (χ2n) is 8.15. The Balaban J connectivity index is 1.29. The van der Waals surface area contributed by atoms with E-state index in [4.69, 9.17) is 0 Å². The molecule has 1 amide bonds. The molecule has 0 spiro atoms. The Morgan fingerprint density at radius 3 is 2.32 bits per heavy atom. The van der Waals surface area contributed by atoms with E-state index in [1.807, 2.05) is 41.6 Å². The van der Waals surface area contributed by atoms with Gasteiger partial charge in [0, 0.05) is 38.3 Å². The number of carbonyl (C=O) groups excluding carboxylic acids is 1. The number of carbonyl (C=O) groups is 1. The largest absolute Gasteiger partial charge is 0.352 e. The minimum absolute atomic E-state index is 0.317.